The monoisotopic (exact) mass is 552 g/mol. The molecule has 2 aliphatic rings. The molecule has 0 radical (unpaired) electrons. The van der Waals surface area contributed by atoms with Gasteiger partial charge in [0, 0.05) is 27.3 Å². The van der Waals surface area contributed by atoms with Crippen LogP contribution in [0.1, 0.15) is 11.7 Å². The molecule has 0 saturated carbocycles. The molecule has 1 unspecified atom stereocenters. The molecule has 4 nitrogen and oxygen atoms in total. The van der Waals surface area contributed by atoms with Crippen molar-refractivity contribution in [3.8, 4) is 33.6 Å². The van der Waals surface area contributed by atoms with E-state index in [2.05, 4.69) is 132 Å². The van der Waals surface area contributed by atoms with Crippen molar-refractivity contribution in [1.82, 2.24) is 0 Å². The SMILES string of the molecule is c1ccc2c(c1)NC1c3ccccc3-c3oc4ccc(-c5ccc(-c6ccc7oc8ccccc8c7c6)cc5)cc4c3N21. The van der Waals surface area contributed by atoms with Crippen molar-refractivity contribution in [3.63, 3.8) is 0 Å². The van der Waals surface area contributed by atoms with Crippen LogP contribution in [0.5, 0.6) is 0 Å². The summed E-state index contributed by atoms with van der Waals surface area (Å²) in [6.45, 7) is 0. The van der Waals surface area contributed by atoms with E-state index in [4.69, 9.17) is 8.83 Å². The number of benzene rings is 6. The van der Waals surface area contributed by atoms with Crippen LogP contribution >= 0.6 is 0 Å². The number of anilines is 3. The van der Waals surface area contributed by atoms with Gasteiger partial charge in [-0.15, -0.1) is 0 Å². The predicted octanol–water partition coefficient (Wildman–Crippen LogP) is 10.9. The summed E-state index contributed by atoms with van der Waals surface area (Å²) in [5.74, 6) is 0.926. The van der Waals surface area contributed by atoms with Gasteiger partial charge in [-0.2, -0.15) is 0 Å². The van der Waals surface area contributed by atoms with Crippen LogP contribution in [-0.4, -0.2) is 0 Å². The Morgan fingerprint density at radius 1 is 0.512 bits per heavy atom. The molecule has 0 saturated heterocycles. The topological polar surface area (TPSA) is 41.6 Å². The van der Waals surface area contributed by atoms with E-state index in [1.54, 1.807) is 0 Å². The Hall–Kier alpha value is -5.74. The minimum atomic E-state index is 0.0227. The van der Waals surface area contributed by atoms with Crippen LogP contribution in [0.3, 0.4) is 0 Å². The van der Waals surface area contributed by atoms with Gasteiger partial charge in [0.15, 0.2) is 5.76 Å². The molecule has 8 aromatic rings. The molecule has 6 aromatic carbocycles. The quantitative estimate of drug-likeness (QED) is 0.232. The number of nitrogens with one attached hydrogen (secondary N) is 1. The highest BCUT2D eigenvalue weighted by Gasteiger charge is 2.40. The second-order valence-electron chi connectivity index (χ2n) is 11.4. The fourth-order valence-electron chi connectivity index (χ4n) is 7.01. The van der Waals surface area contributed by atoms with E-state index in [1.807, 2.05) is 12.1 Å². The Kier molecular flexibility index (Phi) is 4.47. The summed E-state index contributed by atoms with van der Waals surface area (Å²) < 4.78 is 12.6. The van der Waals surface area contributed by atoms with Crippen molar-refractivity contribution in [3.05, 3.63) is 139 Å². The van der Waals surface area contributed by atoms with E-state index in [0.717, 1.165) is 61.2 Å². The van der Waals surface area contributed by atoms with Gasteiger partial charge >= 0.3 is 0 Å². The number of rotatable bonds is 2. The van der Waals surface area contributed by atoms with Crippen LogP contribution < -0.4 is 10.2 Å². The van der Waals surface area contributed by atoms with Crippen LogP contribution in [-0.2, 0) is 0 Å². The summed E-state index contributed by atoms with van der Waals surface area (Å²) in [6.07, 6.45) is 0.0227. The molecule has 4 heterocycles. The Morgan fingerprint density at radius 3 is 1.98 bits per heavy atom. The number of nitrogens with zero attached hydrogens (tertiary/aromatic N) is 1. The maximum Gasteiger partial charge on any atom is 0.159 e. The highest BCUT2D eigenvalue weighted by atomic mass is 16.3. The van der Waals surface area contributed by atoms with Gasteiger partial charge in [-0.25, -0.2) is 0 Å². The summed E-state index contributed by atoms with van der Waals surface area (Å²) in [7, 11) is 0. The van der Waals surface area contributed by atoms with Crippen molar-refractivity contribution >= 4 is 50.0 Å². The van der Waals surface area contributed by atoms with Crippen LogP contribution in [0.4, 0.5) is 17.1 Å². The van der Waals surface area contributed by atoms with E-state index in [9.17, 15) is 0 Å². The van der Waals surface area contributed by atoms with Crippen LogP contribution in [0.15, 0.2) is 142 Å². The van der Waals surface area contributed by atoms with Gasteiger partial charge in [-0.05, 0) is 64.7 Å². The lowest BCUT2D eigenvalue weighted by atomic mass is 9.95. The molecule has 0 fully saturated rings. The van der Waals surface area contributed by atoms with E-state index in [0.29, 0.717) is 0 Å². The molecular weight excluding hydrogens is 528 g/mol. The third-order valence-electron chi connectivity index (χ3n) is 9.04. The summed E-state index contributed by atoms with van der Waals surface area (Å²) in [5, 5.41) is 7.16. The molecule has 1 N–H and O–H groups in total. The number of hydrogen-bond acceptors (Lipinski definition) is 4. The average molecular weight is 553 g/mol. The summed E-state index contributed by atoms with van der Waals surface area (Å²) in [6, 6.07) is 47.1. The van der Waals surface area contributed by atoms with Gasteiger partial charge in [-0.1, -0.05) is 91.0 Å². The minimum Gasteiger partial charge on any atom is -0.456 e. The lowest BCUT2D eigenvalue weighted by Gasteiger charge is -2.32. The summed E-state index contributed by atoms with van der Waals surface area (Å²) in [4.78, 5) is 2.40. The number of fused-ring (bicyclic) bond motifs is 13. The Bertz CT molecular complexity index is 2400. The van der Waals surface area contributed by atoms with E-state index in [1.165, 1.54) is 27.9 Å². The molecule has 43 heavy (non-hydrogen) atoms. The molecule has 2 aromatic heterocycles. The van der Waals surface area contributed by atoms with Crippen LogP contribution in [0.25, 0.3) is 66.5 Å². The van der Waals surface area contributed by atoms with Crippen LogP contribution in [0, 0.1) is 0 Å². The maximum absolute atomic E-state index is 6.59. The summed E-state index contributed by atoms with van der Waals surface area (Å²) >= 11 is 0. The molecule has 4 heteroatoms. The maximum atomic E-state index is 6.59. The number of para-hydroxylation sites is 3. The smallest absolute Gasteiger partial charge is 0.159 e. The number of furan rings is 2. The highest BCUT2D eigenvalue weighted by Crippen LogP contribution is 2.57. The standard InChI is InChI=1S/C39H24N2O2/c1-2-9-29-28(8-1)38-37(41-33-11-5-4-10-32(33)40-39(29)41)31-22-26(18-20-36(31)43-38)24-15-13-23(14-16-24)25-17-19-35-30(21-25)27-7-3-6-12-34(27)42-35/h1-22,39-40H. The Labute approximate surface area is 247 Å². The predicted molar refractivity (Wildman–Crippen MR) is 175 cm³/mol. The van der Waals surface area contributed by atoms with Gasteiger partial charge in [0.05, 0.1) is 17.1 Å². The van der Waals surface area contributed by atoms with Gasteiger partial charge in [0.25, 0.3) is 0 Å². The third-order valence-corrected chi connectivity index (χ3v) is 9.04. The molecule has 0 amide bonds. The van der Waals surface area contributed by atoms with Gasteiger partial charge < -0.3 is 19.1 Å². The summed E-state index contributed by atoms with van der Waals surface area (Å²) in [5.41, 5.74) is 13.2. The first kappa shape index (κ1) is 22.9. The first-order valence-corrected chi connectivity index (χ1v) is 14.6. The lowest BCUT2D eigenvalue weighted by molar-refractivity contribution is 0.622. The zero-order valence-corrected chi connectivity index (χ0v) is 23.0. The Morgan fingerprint density at radius 2 is 1.14 bits per heavy atom. The first-order chi connectivity index (χ1) is 21.3. The molecule has 0 bridgehead atoms. The minimum absolute atomic E-state index is 0.0227. The zero-order valence-electron chi connectivity index (χ0n) is 23.0. The average Bonchev–Trinajstić information content (AvgIpc) is 3.76. The van der Waals surface area contributed by atoms with Gasteiger partial charge in [-0.3, -0.25) is 0 Å². The van der Waals surface area contributed by atoms with Crippen LogP contribution in [0.2, 0.25) is 0 Å². The van der Waals surface area contributed by atoms with Crippen molar-refractivity contribution in [2.45, 2.75) is 6.17 Å². The van der Waals surface area contributed by atoms with E-state index < -0.39 is 0 Å². The van der Waals surface area contributed by atoms with E-state index >= 15 is 0 Å². The van der Waals surface area contributed by atoms with Gasteiger partial charge in [0.1, 0.15) is 22.9 Å². The second-order valence-corrected chi connectivity index (χ2v) is 11.4. The highest BCUT2D eigenvalue weighted by molar-refractivity contribution is 6.08. The molecular formula is C39H24N2O2. The Balaban J connectivity index is 1.08. The zero-order chi connectivity index (χ0) is 28.1. The van der Waals surface area contributed by atoms with Crippen molar-refractivity contribution < 1.29 is 8.83 Å². The number of hydrogen-bond donors (Lipinski definition) is 1. The molecule has 0 aliphatic carbocycles. The van der Waals surface area contributed by atoms with Crippen molar-refractivity contribution in [1.29, 1.82) is 0 Å². The lowest BCUT2D eigenvalue weighted by Crippen LogP contribution is -2.27. The molecule has 10 rings (SSSR count). The third kappa shape index (κ3) is 3.20. The fraction of sp³-hybridized carbons (Fsp3) is 0.0256. The van der Waals surface area contributed by atoms with Gasteiger partial charge in [0.2, 0.25) is 0 Å². The first-order valence-electron chi connectivity index (χ1n) is 14.6. The largest absolute Gasteiger partial charge is 0.456 e. The molecule has 1 atom stereocenters. The van der Waals surface area contributed by atoms with Crippen molar-refractivity contribution in [2.75, 3.05) is 10.2 Å². The second kappa shape index (κ2) is 8.40. The fourth-order valence-corrected chi connectivity index (χ4v) is 7.01. The molecule has 0 spiro atoms. The molecule has 2 aliphatic heterocycles. The molecule has 202 valence electrons. The van der Waals surface area contributed by atoms with E-state index in [-0.39, 0.29) is 6.17 Å². The normalized spacial score (nSPS) is 14.9. The van der Waals surface area contributed by atoms with Crippen molar-refractivity contribution in [2.24, 2.45) is 0 Å².